The van der Waals surface area contributed by atoms with Crippen molar-refractivity contribution < 1.29 is 13.6 Å². The van der Waals surface area contributed by atoms with Gasteiger partial charge in [0.2, 0.25) is 0 Å². The standard InChI is InChI=1S/C16H15F2NO/c1-2-19(10-12-6-4-3-5-7-12)16-14(17)8-13(11-20)9-15(16)18/h3-9,11H,2,10H2,1H3. The van der Waals surface area contributed by atoms with Crippen molar-refractivity contribution in [3.63, 3.8) is 0 Å². The van der Waals surface area contributed by atoms with Gasteiger partial charge in [-0.1, -0.05) is 30.3 Å². The summed E-state index contributed by atoms with van der Waals surface area (Å²) in [6, 6.07) is 11.6. The zero-order valence-corrected chi connectivity index (χ0v) is 11.1. The lowest BCUT2D eigenvalue weighted by molar-refractivity contribution is 0.112. The average Bonchev–Trinajstić information content (AvgIpc) is 2.46. The van der Waals surface area contributed by atoms with Crippen LogP contribution in [-0.2, 0) is 6.54 Å². The second-order valence-electron chi connectivity index (χ2n) is 4.45. The first-order valence-electron chi connectivity index (χ1n) is 6.38. The molecule has 0 amide bonds. The third-order valence-electron chi connectivity index (χ3n) is 3.09. The molecule has 2 nitrogen and oxygen atoms in total. The Morgan fingerprint density at radius 2 is 1.70 bits per heavy atom. The van der Waals surface area contributed by atoms with Gasteiger partial charge in [0, 0.05) is 18.7 Å². The number of nitrogens with zero attached hydrogens (tertiary/aromatic N) is 1. The minimum atomic E-state index is -0.718. The van der Waals surface area contributed by atoms with E-state index in [4.69, 9.17) is 0 Å². The Morgan fingerprint density at radius 3 is 2.20 bits per heavy atom. The Bertz CT molecular complexity index is 576. The fourth-order valence-electron chi connectivity index (χ4n) is 2.11. The molecule has 0 aliphatic carbocycles. The summed E-state index contributed by atoms with van der Waals surface area (Å²) in [6.45, 7) is 2.70. The van der Waals surface area contributed by atoms with E-state index < -0.39 is 11.6 Å². The first kappa shape index (κ1) is 14.2. The highest BCUT2D eigenvalue weighted by Gasteiger charge is 2.17. The molecule has 0 fully saturated rings. The molecular weight excluding hydrogens is 260 g/mol. The number of benzene rings is 2. The first-order valence-corrected chi connectivity index (χ1v) is 6.38. The number of anilines is 1. The topological polar surface area (TPSA) is 20.3 Å². The van der Waals surface area contributed by atoms with Gasteiger partial charge in [-0.05, 0) is 24.6 Å². The molecule has 0 saturated heterocycles. The summed E-state index contributed by atoms with van der Waals surface area (Å²) in [7, 11) is 0. The summed E-state index contributed by atoms with van der Waals surface area (Å²) in [5.41, 5.74) is 0.870. The zero-order valence-electron chi connectivity index (χ0n) is 11.1. The van der Waals surface area contributed by atoms with E-state index in [2.05, 4.69) is 0 Å². The number of aldehydes is 1. The summed E-state index contributed by atoms with van der Waals surface area (Å²) in [5, 5.41) is 0. The monoisotopic (exact) mass is 275 g/mol. The van der Waals surface area contributed by atoms with Gasteiger partial charge in [0.25, 0.3) is 0 Å². The number of hydrogen-bond donors (Lipinski definition) is 0. The van der Waals surface area contributed by atoms with Crippen molar-refractivity contribution in [1.82, 2.24) is 0 Å². The number of halogens is 2. The molecule has 2 aromatic carbocycles. The van der Waals surface area contributed by atoms with Crippen LogP contribution >= 0.6 is 0 Å². The molecule has 4 heteroatoms. The molecule has 0 heterocycles. The molecule has 0 saturated carbocycles. The zero-order chi connectivity index (χ0) is 14.5. The van der Waals surface area contributed by atoms with Crippen LogP contribution in [0.3, 0.4) is 0 Å². The maximum Gasteiger partial charge on any atom is 0.150 e. The van der Waals surface area contributed by atoms with E-state index in [0.717, 1.165) is 17.7 Å². The van der Waals surface area contributed by atoms with Crippen LogP contribution in [-0.4, -0.2) is 12.8 Å². The first-order chi connectivity index (χ1) is 9.65. The molecule has 0 bridgehead atoms. The highest BCUT2D eigenvalue weighted by atomic mass is 19.1. The van der Waals surface area contributed by atoms with Crippen molar-refractivity contribution >= 4 is 12.0 Å². The quantitative estimate of drug-likeness (QED) is 0.773. The van der Waals surface area contributed by atoms with Crippen molar-refractivity contribution in [3.05, 3.63) is 65.2 Å². The molecule has 0 radical (unpaired) electrons. The van der Waals surface area contributed by atoms with Crippen molar-refractivity contribution in [1.29, 1.82) is 0 Å². The average molecular weight is 275 g/mol. The Balaban J connectivity index is 2.35. The van der Waals surface area contributed by atoms with Crippen LogP contribution in [0.2, 0.25) is 0 Å². The molecule has 2 aromatic rings. The summed E-state index contributed by atoms with van der Waals surface area (Å²) >= 11 is 0. The Morgan fingerprint density at radius 1 is 1.10 bits per heavy atom. The van der Waals surface area contributed by atoms with E-state index in [1.54, 1.807) is 4.90 Å². The Hall–Kier alpha value is -2.23. The van der Waals surface area contributed by atoms with E-state index in [1.807, 2.05) is 37.3 Å². The van der Waals surface area contributed by atoms with Crippen molar-refractivity contribution in [3.8, 4) is 0 Å². The molecular formula is C16H15F2NO. The predicted molar refractivity (Wildman–Crippen MR) is 74.9 cm³/mol. The van der Waals surface area contributed by atoms with Crippen LogP contribution < -0.4 is 4.90 Å². The minimum Gasteiger partial charge on any atom is -0.363 e. The molecule has 0 unspecified atom stereocenters. The lowest BCUT2D eigenvalue weighted by atomic mass is 10.1. The van der Waals surface area contributed by atoms with Crippen LogP contribution in [0.4, 0.5) is 14.5 Å². The van der Waals surface area contributed by atoms with E-state index in [0.29, 0.717) is 19.4 Å². The molecule has 0 spiro atoms. The summed E-state index contributed by atoms with van der Waals surface area (Å²) in [6.07, 6.45) is 0.434. The lowest BCUT2D eigenvalue weighted by Crippen LogP contribution is -2.24. The molecule has 104 valence electrons. The predicted octanol–water partition coefficient (Wildman–Crippen LogP) is 3.80. The largest absolute Gasteiger partial charge is 0.363 e. The normalized spacial score (nSPS) is 10.3. The summed E-state index contributed by atoms with van der Waals surface area (Å²) in [4.78, 5) is 12.2. The van der Waals surface area contributed by atoms with Gasteiger partial charge in [0.1, 0.15) is 23.6 Å². The number of hydrogen-bond acceptors (Lipinski definition) is 2. The Labute approximate surface area is 116 Å². The molecule has 0 atom stereocenters. The smallest absolute Gasteiger partial charge is 0.150 e. The number of rotatable bonds is 5. The van der Waals surface area contributed by atoms with Gasteiger partial charge in [-0.15, -0.1) is 0 Å². The van der Waals surface area contributed by atoms with E-state index in [1.165, 1.54) is 0 Å². The van der Waals surface area contributed by atoms with Crippen molar-refractivity contribution in [2.24, 2.45) is 0 Å². The second-order valence-corrected chi connectivity index (χ2v) is 4.45. The fourth-order valence-corrected chi connectivity index (χ4v) is 2.11. The van der Waals surface area contributed by atoms with Gasteiger partial charge in [0.05, 0.1) is 0 Å². The van der Waals surface area contributed by atoms with E-state index in [9.17, 15) is 13.6 Å². The molecule has 2 rings (SSSR count). The SMILES string of the molecule is CCN(Cc1ccccc1)c1c(F)cc(C=O)cc1F. The van der Waals surface area contributed by atoms with Gasteiger partial charge in [-0.3, -0.25) is 4.79 Å². The highest BCUT2D eigenvalue weighted by Crippen LogP contribution is 2.26. The molecule has 0 aromatic heterocycles. The van der Waals surface area contributed by atoms with Gasteiger partial charge in [-0.2, -0.15) is 0 Å². The van der Waals surface area contributed by atoms with Gasteiger partial charge >= 0.3 is 0 Å². The van der Waals surface area contributed by atoms with Gasteiger partial charge in [0.15, 0.2) is 0 Å². The van der Waals surface area contributed by atoms with Crippen molar-refractivity contribution in [2.45, 2.75) is 13.5 Å². The molecule has 0 aliphatic rings. The van der Waals surface area contributed by atoms with Gasteiger partial charge in [-0.25, -0.2) is 8.78 Å². The lowest BCUT2D eigenvalue weighted by Gasteiger charge is -2.24. The molecule has 20 heavy (non-hydrogen) atoms. The van der Waals surface area contributed by atoms with E-state index in [-0.39, 0.29) is 11.3 Å². The number of carbonyl (C=O) groups is 1. The maximum atomic E-state index is 14.0. The van der Waals surface area contributed by atoms with Crippen LogP contribution in [0.15, 0.2) is 42.5 Å². The third-order valence-corrected chi connectivity index (χ3v) is 3.09. The molecule has 0 N–H and O–H groups in total. The fraction of sp³-hybridized carbons (Fsp3) is 0.188. The molecule has 0 aliphatic heterocycles. The minimum absolute atomic E-state index is 0.000450. The van der Waals surface area contributed by atoms with Crippen LogP contribution in [0.25, 0.3) is 0 Å². The van der Waals surface area contributed by atoms with Gasteiger partial charge < -0.3 is 4.90 Å². The van der Waals surface area contributed by atoms with Crippen LogP contribution in [0, 0.1) is 11.6 Å². The third kappa shape index (κ3) is 3.02. The maximum absolute atomic E-state index is 14.0. The number of carbonyl (C=O) groups excluding carboxylic acids is 1. The summed E-state index contributed by atoms with van der Waals surface area (Å²) in [5.74, 6) is -1.44. The van der Waals surface area contributed by atoms with Crippen LogP contribution in [0.1, 0.15) is 22.8 Å². The Kier molecular flexibility index (Phi) is 4.45. The van der Waals surface area contributed by atoms with Crippen LogP contribution in [0.5, 0.6) is 0 Å². The summed E-state index contributed by atoms with van der Waals surface area (Å²) < 4.78 is 28.0. The van der Waals surface area contributed by atoms with E-state index >= 15 is 0 Å². The highest BCUT2D eigenvalue weighted by molar-refractivity contribution is 5.76. The van der Waals surface area contributed by atoms with Crippen molar-refractivity contribution in [2.75, 3.05) is 11.4 Å². The second kappa shape index (κ2) is 6.28.